The van der Waals surface area contributed by atoms with Gasteiger partial charge in [-0.15, -0.1) is 0 Å². The largest absolute Gasteiger partial charge is 0.494 e. The van der Waals surface area contributed by atoms with Crippen LogP contribution in [-0.4, -0.2) is 27.5 Å². The predicted octanol–water partition coefficient (Wildman–Crippen LogP) is 3.00. The highest BCUT2D eigenvalue weighted by molar-refractivity contribution is 7.89. The quantitative estimate of drug-likeness (QED) is 0.791. The molecule has 0 atom stereocenters. The summed E-state index contributed by atoms with van der Waals surface area (Å²) in [5, 5.41) is 0. The Bertz CT molecular complexity index is 941. The number of carbonyl (C=O) groups excluding carboxylic acids is 1. The first-order chi connectivity index (χ1) is 12.9. The molecule has 1 heterocycles. The number of ether oxygens (including phenoxy) is 1. The second-order valence-electron chi connectivity index (χ2n) is 6.50. The smallest absolute Gasteiger partial charge is 0.240 e. The van der Waals surface area contributed by atoms with E-state index >= 15 is 0 Å². The first-order valence-corrected chi connectivity index (χ1v) is 10.5. The van der Waals surface area contributed by atoms with Crippen molar-refractivity contribution in [3.05, 3.63) is 53.6 Å². The molecule has 144 valence electrons. The molecule has 1 aliphatic rings. The van der Waals surface area contributed by atoms with E-state index in [-0.39, 0.29) is 17.3 Å². The van der Waals surface area contributed by atoms with Crippen LogP contribution in [0, 0.1) is 6.92 Å². The van der Waals surface area contributed by atoms with Gasteiger partial charge in [0.2, 0.25) is 15.9 Å². The van der Waals surface area contributed by atoms with Gasteiger partial charge in [-0.1, -0.05) is 12.1 Å². The van der Waals surface area contributed by atoms with Crippen molar-refractivity contribution in [1.82, 2.24) is 4.72 Å². The highest BCUT2D eigenvalue weighted by Crippen LogP contribution is 2.27. The molecule has 0 aliphatic carbocycles. The van der Waals surface area contributed by atoms with E-state index in [1.807, 2.05) is 38.1 Å². The van der Waals surface area contributed by atoms with Gasteiger partial charge in [-0.05, 0) is 61.7 Å². The Kier molecular flexibility index (Phi) is 5.82. The van der Waals surface area contributed by atoms with Gasteiger partial charge in [0.25, 0.3) is 0 Å². The number of anilines is 1. The first-order valence-electron chi connectivity index (χ1n) is 9.03. The van der Waals surface area contributed by atoms with Gasteiger partial charge in [0.1, 0.15) is 5.75 Å². The van der Waals surface area contributed by atoms with Gasteiger partial charge in [-0.25, -0.2) is 13.1 Å². The number of hydrogen-bond donors (Lipinski definition) is 1. The third-order valence-electron chi connectivity index (χ3n) is 4.52. The van der Waals surface area contributed by atoms with Gasteiger partial charge in [0.05, 0.1) is 11.5 Å². The van der Waals surface area contributed by atoms with E-state index in [2.05, 4.69) is 4.72 Å². The maximum Gasteiger partial charge on any atom is 0.240 e. The summed E-state index contributed by atoms with van der Waals surface area (Å²) in [6.45, 7) is 5.14. The SMILES string of the molecule is CCOc1cccc(CNS(=O)(=O)c2ccc(N3CCCC3=O)c(C)c2)c1. The number of hydrogen-bond acceptors (Lipinski definition) is 4. The number of sulfonamides is 1. The molecule has 0 saturated carbocycles. The van der Waals surface area contributed by atoms with E-state index in [0.717, 1.165) is 23.2 Å². The van der Waals surface area contributed by atoms with E-state index in [1.54, 1.807) is 23.1 Å². The maximum atomic E-state index is 12.6. The average Bonchev–Trinajstić information content (AvgIpc) is 3.06. The van der Waals surface area contributed by atoms with Crippen LogP contribution in [0.2, 0.25) is 0 Å². The molecule has 7 heteroatoms. The molecule has 2 aromatic rings. The summed E-state index contributed by atoms with van der Waals surface area (Å²) in [6.07, 6.45) is 1.38. The number of nitrogens with zero attached hydrogens (tertiary/aromatic N) is 1. The number of aryl methyl sites for hydroxylation is 1. The fourth-order valence-corrected chi connectivity index (χ4v) is 4.28. The van der Waals surface area contributed by atoms with Crippen LogP contribution in [0.5, 0.6) is 5.75 Å². The van der Waals surface area contributed by atoms with E-state index in [0.29, 0.717) is 25.3 Å². The second kappa shape index (κ2) is 8.10. The summed E-state index contributed by atoms with van der Waals surface area (Å²) in [6, 6.07) is 12.2. The van der Waals surface area contributed by atoms with Crippen LogP contribution < -0.4 is 14.4 Å². The molecule has 3 rings (SSSR count). The Morgan fingerprint density at radius 1 is 1.19 bits per heavy atom. The van der Waals surface area contributed by atoms with Crippen molar-refractivity contribution in [2.45, 2.75) is 38.1 Å². The predicted molar refractivity (Wildman–Crippen MR) is 104 cm³/mol. The van der Waals surface area contributed by atoms with Crippen LogP contribution in [0.1, 0.15) is 30.9 Å². The molecule has 0 aromatic heterocycles. The van der Waals surface area contributed by atoms with Crippen LogP contribution in [0.3, 0.4) is 0 Å². The minimum absolute atomic E-state index is 0.0843. The zero-order valence-corrected chi connectivity index (χ0v) is 16.4. The van der Waals surface area contributed by atoms with E-state index in [1.165, 1.54) is 0 Å². The molecular formula is C20H24N2O4S. The molecule has 2 aromatic carbocycles. The zero-order valence-electron chi connectivity index (χ0n) is 15.6. The Labute approximate surface area is 160 Å². The molecular weight excluding hydrogens is 364 g/mol. The lowest BCUT2D eigenvalue weighted by Gasteiger charge is -2.19. The summed E-state index contributed by atoms with van der Waals surface area (Å²) >= 11 is 0. The lowest BCUT2D eigenvalue weighted by molar-refractivity contribution is -0.117. The topological polar surface area (TPSA) is 75.7 Å². The summed E-state index contributed by atoms with van der Waals surface area (Å²) in [4.78, 5) is 13.8. The van der Waals surface area contributed by atoms with Gasteiger partial charge < -0.3 is 9.64 Å². The average molecular weight is 388 g/mol. The number of nitrogens with one attached hydrogen (secondary N) is 1. The molecule has 1 aliphatic heterocycles. The van der Waals surface area contributed by atoms with Crippen molar-refractivity contribution in [3.8, 4) is 5.75 Å². The third-order valence-corrected chi connectivity index (χ3v) is 5.92. The van der Waals surface area contributed by atoms with Crippen molar-refractivity contribution < 1.29 is 17.9 Å². The Morgan fingerprint density at radius 2 is 2.00 bits per heavy atom. The summed E-state index contributed by atoms with van der Waals surface area (Å²) in [5.74, 6) is 0.797. The van der Waals surface area contributed by atoms with E-state index in [9.17, 15) is 13.2 Å². The van der Waals surface area contributed by atoms with Gasteiger partial charge in [-0.2, -0.15) is 0 Å². The molecule has 0 radical (unpaired) electrons. The van der Waals surface area contributed by atoms with Crippen molar-refractivity contribution >= 4 is 21.6 Å². The maximum absolute atomic E-state index is 12.6. The van der Waals surface area contributed by atoms with Crippen molar-refractivity contribution in [2.75, 3.05) is 18.1 Å². The molecule has 1 amide bonds. The Balaban J connectivity index is 1.74. The normalized spacial score (nSPS) is 14.6. The molecule has 1 fully saturated rings. The molecule has 0 spiro atoms. The van der Waals surface area contributed by atoms with Crippen LogP contribution in [0.25, 0.3) is 0 Å². The van der Waals surface area contributed by atoms with Crippen LogP contribution >= 0.6 is 0 Å². The highest BCUT2D eigenvalue weighted by Gasteiger charge is 2.24. The van der Waals surface area contributed by atoms with Gasteiger partial charge in [0.15, 0.2) is 0 Å². The monoisotopic (exact) mass is 388 g/mol. The fourth-order valence-electron chi connectivity index (χ4n) is 3.17. The minimum Gasteiger partial charge on any atom is -0.494 e. The molecule has 27 heavy (non-hydrogen) atoms. The number of amides is 1. The van der Waals surface area contributed by atoms with Gasteiger partial charge in [0, 0.05) is 25.2 Å². The summed E-state index contributed by atoms with van der Waals surface area (Å²) in [7, 11) is -3.65. The minimum atomic E-state index is -3.65. The lowest BCUT2D eigenvalue weighted by atomic mass is 10.2. The second-order valence-corrected chi connectivity index (χ2v) is 8.27. The highest BCUT2D eigenvalue weighted by atomic mass is 32.2. The van der Waals surface area contributed by atoms with Crippen LogP contribution in [-0.2, 0) is 21.4 Å². The first kappa shape index (κ1) is 19.4. The Morgan fingerprint density at radius 3 is 2.67 bits per heavy atom. The summed E-state index contributed by atoms with van der Waals surface area (Å²) in [5.41, 5.74) is 2.37. The van der Waals surface area contributed by atoms with Crippen LogP contribution in [0.4, 0.5) is 5.69 Å². The molecule has 0 bridgehead atoms. The van der Waals surface area contributed by atoms with Crippen LogP contribution in [0.15, 0.2) is 47.4 Å². The number of benzene rings is 2. The fraction of sp³-hybridized carbons (Fsp3) is 0.350. The summed E-state index contributed by atoms with van der Waals surface area (Å²) < 4.78 is 33.3. The van der Waals surface area contributed by atoms with E-state index < -0.39 is 10.0 Å². The molecule has 1 saturated heterocycles. The molecule has 1 N–H and O–H groups in total. The van der Waals surface area contributed by atoms with Gasteiger partial charge in [-0.3, -0.25) is 4.79 Å². The van der Waals surface area contributed by atoms with Crippen molar-refractivity contribution in [2.24, 2.45) is 0 Å². The lowest BCUT2D eigenvalue weighted by Crippen LogP contribution is -2.26. The molecule has 0 unspecified atom stereocenters. The number of rotatable bonds is 7. The van der Waals surface area contributed by atoms with E-state index in [4.69, 9.17) is 4.74 Å². The third kappa shape index (κ3) is 4.48. The Hall–Kier alpha value is -2.38. The standard InChI is InChI=1S/C20H24N2O4S/c1-3-26-17-7-4-6-16(13-17)14-21-27(24,25)18-9-10-19(15(2)12-18)22-11-5-8-20(22)23/h4,6-7,9-10,12-13,21H,3,5,8,11,14H2,1-2H3. The van der Waals surface area contributed by atoms with Crippen molar-refractivity contribution in [1.29, 1.82) is 0 Å². The van der Waals surface area contributed by atoms with Gasteiger partial charge >= 0.3 is 0 Å². The molecule has 6 nitrogen and oxygen atoms in total. The van der Waals surface area contributed by atoms with Crippen molar-refractivity contribution in [3.63, 3.8) is 0 Å². The zero-order chi connectivity index (χ0) is 19.4. The number of carbonyl (C=O) groups is 1.